The Labute approximate surface area is 353 Å². The molecule has 9 rings (SSSR count). The summed E-state index contributed by atoms with van der Waals surface area (Å²) in [5.41, 5.74) is 1.53. The highest BCUT2D eigenvalue weighted by atomic mass is 16.5. The maximum atomic E-state index is 15.6. The number of ether oxygens (including phenoxy) is 1. The predicted octanol–water partition coefficient (Wildman–Crippen LogP) is 11.1. The lowest BCUT2D eigenvalue weighted by atomic mass is 9.32. The van der Waals surface area contributed by atoms with Crippen LogP contribution in [0.4, 0.5) is 0 Å². The summed E-state index contributed by atoms with van der Waals surface area (Å²) in [7, 11) is 0. The first-order chi connectivity index (χ1) is 27.8. The van der Waals surface area contributed by atoms with Gasteiger partial charge in [-0.2, -0.15) is 0 Å². The summed E-state index contributed by atoms with van der Waals surface area (Å²) in [5.74, 6) is 2.55. The molecule has 6 aliphatic carbocycles. The second-order valence-electron chi connectivity index (χ2n) is 23.3. The van der Waals surface area contributed by atoms with Crippen molar-refractivity contribution in [3.05, 3.63) is 42.4 Å². The molecule has 322 valence electrons. The van der Waals surface area contributed by atoms with Gasteiger partial charge in [-0.3, -0.25) is 14.4 Å². The van der Waals surface area contributed by atoms with Crippen LogP contribution in [0.3, 0.4) is 0 Å². The third-order valence-electron chi connectivity index (χ3n) is 20.3. The summed E-state index contributed by atoms with van der Waals surface area (Å²) in [6.45, 7) is 22.2. The fourth-order valence-electron chi connectivity index (χ4n) is 16.8. The van der Waals surface area contributed by atoms with Crippen LogP contribution in [0.5, 0.6) is 0 Å². The molecule has 2 aromatic rings. The number of aromatic amines is 1. The number of benzene rings is 1. The SMILES string of the molecule is CC(C)[C@@H]1CC[C@]2(C(=O)N3CCCC3c3ncc(-c4ccccc4)[nH]3)CC[C@]3(C)[C@H](CC[C@@H]4[C@@]5(C)CC[C@H](OC(=O)[C@H]6C[C@@H](C(=O)O)C6(C)C)C(C)(C)[C@@H]5CC[C@]43C)[C@@H]12. The fraction of sp³-hybridized carbons (Fsp3) is 0.765. The molecule has 1 aliphatic heterocycles. The topological polar surface area (TPSA) is 113 Å². The molecule has 59 heavy (non-hydrogen) atoms. The van der Waals surface area contributed by atoms with Crippen molar-refractivity contribution in [1.29, 1.82) is 0 Å². The van der Waals surface area contributed by atoms with Gasteiger partial charge >= 0.3 is 11.9 Å². The maximum absolute atomic E-state index is 15.6. The summed E-state index contributed by atoms with van der Waals surface area (Å²) in [5, 5.41) is 9.71. The first-order valence-corrected chi connectivity index (χ1v) is 23.7. The van der Waals surface area contributed by atoms with Crippen LogP contribution in [0.1, 0.15) is 158 Å². The first kappa shape index (κ1) is 41.2. The van der Waals surface area contributed by atoms with E-state index in [0.29, 0.717) is 47.8 Å². The summed E-state index contributed by atoms with van der Waals surface area (Å²) in [4.78, 5) is 51.9. The van der Waals surface area contributed by atoms with Crippen LogP contribution in [-0.2, 0) is 19.1 Å². The molecular weight excluding hydrogens is 735 g/mol. The molecule has 7 fully saturated rings. The number of aromatic nitrogens is 2. The van der Waals surface area contributed by atoms with Crippen molar-refractivity contribution >= 4 is 17.8 Å². The number of fused-ring (bicyclic) bond motifs is 7. The minimum absolute atomic E-state index is 0.00417. The molecule has 13 atom stereocenters. The number of nitrogens with one attached hydrogen (secondary N) is 1. The summed E-state index contributed by atoms with van der Waals surface area (Å²) < 4.78 is 6.48. The third kappa shape index (κ3) is 5.77. The number of hydrogen-bond donors (Lipinski definition) is 2. The Bertz CT molecular complexity index is 1970. The fourth-order valence-corrected chi connectivity index (χ4v) is 16.8. The summed E-state index contributed by atoms with van der Waals surface area (Å²) in [6.07, 6.45) is 15.1. The van der Waals surface area contributed by atoms with E-state index in [1.54, 1.807) is 0 Å². The molecule has 1 saturated heterocycles. The number of amides is 1. The molecule has 2 N–H and O–H groups in total. The molecule has 7 aliphatic rings. The molecule has 0 radical (unpaired) electrons. The normalized spacial score (nSPS) is 43.2. The van der Waals surface area contributed by atoms with Gasteiger partial charge in [-0.15, -0.1) is 0 Å². The number of rotatable bonds is 7. The molecule has 6 saturated carbocycles. The molecule has 0 spiro atoms. The second kappa shape index (κ2) is 13.9. The van der Waals surface area contributed by atoms with Crippen LogP contribution >= 0.6 is 0 Å². The monoisotopic (exact) mass is 808 g/mol. The van der Waals surface area contributed by atoms with E-state index in [2.05, 4.69) is 82.6 Å². The number of aliphatic carboxylic acids is 1. The Hall–Kier alpha value is -3.16. The largest absolute Gasteiger partial charge is 0.481 e. The van der Waals surface area contributed by atoms with Gasteiger partial charge in [0, 0.05) is 12.0 Å². The van der Waals surface area contributed by atoms with Crippen LogP contribution in [0.15, 0.2) is 36.5 Å². The van der Waals surface area contributed by atoms with E-state index >= 15 is 4.79 Å². The van der Waals surface area contributed by atoms with Crippen molar-refractivity contribution in [3.63, 3.8) is 0 Å². The molecular formula is C51H73N3O5. The highest BCUT2D eigenvalue weighted by Crippen LogP contribution is 2.78. The lowest BCUT2D eigenvalue weighted by molar-refractivity contribution is -0.252. The number of carbonyl (C=O) groups is 3. The van der Waals surface area contributed by atoms with Crippen molar-refractivity contribution in [2.75, 3.05) is 6.54 Å². The van der Waals surface area contributed by atoms with Crippen LogP contribution in [0.25, 0.3) is 11.3 Å². The molecule has 8 nitrogen and oxygen atoms in total. The van der Waals surface area contributed by atoms with Crippen molar-refractivity contribution in [1.82, 2.24) is 14.9 Å². The van der Waals surface area contributed by atoms with E-state index in [1.807, 2.05) is 26.1 Å². The highest BCUT2D eigenvalue weighted by molar-refractivity contribution is 5.85. The lowest BCUT2D eigenvalue weighted by Crippen LogP contribution is -2.67. The Morgan fingerprint density at radius 1 is 0.814 bits per heavy atom. The number of esters is 1. The lowest BCUT2D eigenvalue weighted by Gasteiger charge is -2.73. The Morgan fingerprint density at radius 2 is 1.56 bits per heavy atom. The third-order valence-corrected chi connectivity index (χ3v) is 20.3. The van der Waals surface area contributed by atoms with Crippen molar-refractivity contribution < 1.29 is 24.2 Å². The molecule has 1 unspecified atom stereocenters. The number of carboxylic acids is 1. The number of imidazole rings is 1. The van der Waals surface area contributed by atoms with Gasteiger partial charge in [-0.25, -0.2) is 4.98 Å². The number of hydrogen-bond acceptors (Lipinski definition) is 5. The molecule has 1 amide bonds. The highest BCUT2D eigenvalue weighted by Gasteiger charge is 2.73. The van der Waals surface area contributed by atoms with E-state index in [4.69, 9.17) is 9.72 Å². The standard InChI is InChI=1S/C51H73N3O5/c1-30(2)32-19-24-51(45(58)54-27-13-16-37(54)42-52-29-36(53-42)31-14-11-10-12-15-31)26-25-49(8)33(41(32)51)17-18-39-48(7)22-21-40(47(5,6)38(48)20-23-50(39,49)9)59-44(57)35-28-34(43(55)56)46(35,3)4/h10-12,14-15,29-30,32-35,37-41H,13,16-28H2,1-9H3,(H,52,53)(H,55,56)/t32-,33+,34-,35+,37?,38-,39+,40-,41+,48-,49+,50+,51-/m0/s1. The Kier molecular flexibility index (Phi) is 9.73. The van der Waals surface area contributed by atoms with E-state index in [1.165, 1.54) is 19.3 Å². The minimum atomic E-state index is -0.812. The van der Waals surface area contributed by atoms with Gasteiger partial charge < -0.3 is 19.7 Å². The zero-order valence-corrected chi connectivity index (χ0v) is 37.6. The van der Waals surface area contributed by atoms with Crippen LogP contribution in [0.2, 0.25) is 0 Å². The van der Waals surface area contributed by atoms with Gasteiger partial charge in [0.1, 0.15) is 11.9 Å². The maximum Gasteiger partial charge on any atom is 0.309 e. The first-order valence-electron chi connectivity index (χ1n) is 23.7. The van der Waals surface area contributed by atoms with Gasteiger partial charge in [-0.05, 0) is 146 Å². The second-order valence-corrected chi connectivity index (χ2v) is 23.3. The molecule has 0 bridgehead atoms. The quantitative estimate of drug-likeness (QED) is 0.269. The van der Waals surface area contributed by atoms with E-state index in [-0.39, 0.29) is 51.1 Å². The number of likely N-dealkylation sites (tertiary alicyclic amines) is 1. The molecule has 8 heteroatoms. The number of H-pyrrole nitrogens is 1. The van der Waals surface area contributed by atoms with E-state index in [9.17, 15) is 14.7 Å². The Morgan fingerprint density at radius 3 is 2.25 bits per heavy atom. The zero-order chi connectivity index (χ0) is 42.1. The van der Waals surface area contributed by atoms with Gasteiger partial charge in [0.25, 0.3) is 0 Å². The average Bonchev–Trinajstić information content (AvgIpc) is 3.95. The number of carboxylic acid groups (broad SMARTS) is 1. The van der Waals surface area contributed by atoms with Crippen molar-refractivity contribution in [2.45, 2.75) is 158 Å². The van der Waals surface area contributed by atoms with Gasteiger partial charge in [0.15, 0.2) is 0 Å². The average molecular weight is 808 g/mol. The summed E-state index contributed by atoms with van der Waals surface area (Å²) >= 11 is 0. The zero-order valence-electron chi connectivity index (χ0n) is 37.6. The van der Waals surface area contributed by atoms with Gasteiger partial charge in [0.05, 0.1) is 35.2 Å². The number of carbonyl (C=O) groups excluding carboxylic acids is 2. The molecule has 2 heterocycles. The number of nitrogens with zero attached hydrogens (tertiary/aromatic N) is 2. The summed E-state index contributed by atoms with van der Waals surface area (Å²) in [6, 6.07) is 10.4. The van der Waals surface area contributed by atoms with Crippen LogP contribution in [-0.4, -0.2) is 50.5 Å². The van der Waals surface area contributed by atoms with Gasteiger partial charge in [-0.1, -0.05) is 92.6 Å². The van der Waals surface area contributed by atoms with E-state index in [0.717, 1.165) is 81.4 Å². The Balaban J connectivity index is 0.966. The van der Waals surface area contributed by atoms with Crippen molar-refractivity contribution in [3.8, 4) is 11.3 Å². The minimum Gasteiger partial charge on any atom is -0.481 e. The van der Waals surface area contributed by atoms with Crippen LogP contribution in [0, 0.1) is 79.8 Å². The molecule has 1 aromatic carbocycles. The van der Waals surface area contributed by atoms with E-state index < -0.39 is 17.3 Å². The van der Waals surface area contributed by atoms with Crippen molar-refractivity contribution in [2.24, 2.45) is 79.8 Å². The van der Waals surface area contributed by atoms with Crippen LogP contribution < -0.4 is 0 Å². The predicted molar refractivity (Wildman–Crippen MR) is 230 cm³/mol. The smallest absolute Gasteiger partial charge is 0.309 e. The molecule has 1 aromatic heterocycles. The van der Waals surface area contributed by atoms with Gasteiger partial charge in [0.2, 0.25) is 5.91 Å².